The number of alkyl halides is 2. The van der Waals surface area contributed by atoms with Gasteiger partial charge in [0.2, 0.25) is 0 Å². The average Bonchev–Trinajstić information content (AvgIpc) is 2.28. The Morgan fingerprint density at radius 3 is 2.41 bits per heavy atom. The minimum atomic E-state index is -3.22. The van der Waals surface area contributed by atoms with Crippen LogP contribution in [-0.4, -0.2) is 31.4 Å². The van der Waals surface area contributed by atoms with Crippen molar-refractivity contribution in [1.29, 1.82) is 0 Å². The Bertz CT molecular complexity index is 376. The third kappa shape index (κ3) is 3.99. The van der Waals surface area contributed by atoms with Gasteiger partial charge in [0, 0.05) is 5.56 Å². The number of rotatable bonds is 6. The lowest BCUT2D eigenvalue weighted by atomic mass is 10.1. The van der Waals surface area contributed by atoms with Crippen LogP contribution in [0, 0.1) is 0 Å². The smallest absolute Gasteiger partial charge is 0.329 e. The minimum Gasteiger partial charge on any atom is -0.497 e. The number of ether oxygens (including phenoxy) is 2. The Hall–Kier alpha value is -1.69. The maximum Gasteiger partial charge on any atom is 0.329 e. The van der Waals surface area contributed by atoms with Crippen LogP contribution in [0.4, 0.5) is 8.78 Å². The Labute approximate surface area is 96.8 Å². The molecule has 0 spiro atoms. The first-order valence-electron chi connectivity index (χ1n) is 4.77. The van der Waals surface area contributed by atoms with Crippen LogP contribution in [0.25, 0.3) is 0 Å². The Morgan fingerprint density at radius 2 is 1.94 bits per heavy atom. The van der Waals surface area contributed by atoms with E-state index < -0.39 is 25.1 Å². The molecular formula is C11H12F2O4. The molecule has 0 fully saturated rings. The number of methoxy groups -OCH3 is 1. The standard InChI is InChI=1S/C11H12F2O4/c1-16-9-4-2-8(3-5-9)11(12,13)7-17-6-10(14)15/h2-5H,6-7H2,1H3,(H,14,15). The highest BCUT2D eigenvalue weighted by molar-refractivity contribution is 5.67. The molecule has 0 aliphatic carbocycles. The molecule has 1 rings (SSSR count). The van der Waals surface area contributed by atoms with E-state index in [1.807, 2.05) is 0 Å². The van der Waals surface area contributed by atoms with Crippen LogP contribution in [-0.2, 0) is 15.5 Å². The van der Waals surface area contributed by atoms with Crippen molar-refractivity contribution in [3.8, 4) is 5.75 Å². The van der Waals surface area contributed by atoms with Gasteiger partial charge in [-0.25, -0.2) is 4.79 Å². The molecule has 0 saturated heterocycles. The van der Waals surface area contributed by atoms with Crippen LogP contribution >= 0.6 is 0 Å². The van der Waals surface area contributed by atoms with E-state index in [0.29, 0.717) is 5.75 Å². The van der Waals surface area contributed by atoms with Gasteiger partial charge < -0.3 is 14.6 Å². The second-order valence-corrected chi connectivity index (χ2v) is 3.32. The third-order valence-corrected chi connectivity index (χ3v) is 2.02. The maximum absolute atomic E-state index is 13.5. The maximum atomic E-state index is 13.5. The lowest BCUT2D eigenvalue weighted by Crippen LogP contribution is -2.23. The summed E-state index contributed by atoms with van der Waals surface area (Å²) in [6, 6.07) is 5.23. The first kappa shape index (κ1) is 13.4. The molecule has 4 nitrogen and oxygen atoms in total. The van der Waals surface area contributed by atoms with Crippen molar-refractivity contribution in [3.05, 3.63) is 29.8 Å². The molecule has 0 aliphatic heterocycles. The molecule has 0 radical (unpaired) electrons. The highest BCUT2D eigenvalue weighted by Gasteiger charge is 2.32. The predicted molar refractivity (Wildman–Crippen MR) is 55.3 cm³/mol. The molecule has 0 saturated carbocycles. The van der Waals surface area contributed by atoms with E-state index in [1.54, 1.807) is 0 Å². The average molecular weight is 246 g/mol. The highest BCUT2D eigenvalue weighted by Crippen LogP contribution is 2.29. The first-order chi connectivity index (χ1) is 7.95. The van der Waals surface area contributed by atoms with Crippen molar-refractivity contribution >= 4 is 5.97 Å². The van der Waals surface area contributed by atoms with Crippen molar-refractivity contribution in [3.63, 3.8) is 0 Å². The highest BCUT2D eigenvalue weighted by atomic mass is 19.3. The summed E-state index contributed by atoms with van der Waals surface area (Å²) in [6.07, 6.45) is 0. The summed E-state index contributed by atoms with van der Waals surface area (Å²) in [5.41, 5.74) is -0.247. The summed E-state index contributed by atoms with van der Waals surface area (Å²) >= 11 is 0. The summed E-state index contributed by atoms with van der Waals surface area (Å²) in [5, 5.41) is 8.26. The SMILES string of the molecule is COc1ccc(C(F)(F)COCC(=O)O)cc1. The van der Waals surface area contributed by atoms with E-state index >= 15 is 0 Å². The fraction of sp³-hybridized carbons (Fsp3) is 0.364. The molecule has 0 atom stereocenters. The first-order valence-corrected chi connectivity index (χ1v) is 4.77. The number of carboxylic acid groups (broad SMARTS) is 1. The minimum absolute atomic E-state index is 0.247. The zero-order valence-corrected chi connectivity index (χ0v) is 9.15. The van der Waals surface area contributed by atoms with Gasteiger partial charge in [0.1, 0.15) is 19.0 Å². The summed E-state index contributed by atoms with van der Waals surface area (Å²) in [7, 11) is 1.43. The Morgan fingerprint density at radius 1 is 1.35 bits per heavy atom. The number of carboxylic acids is 1. The van der Waals surface area contributed by atoms with Crippen LogP contribution < -0.4 is 4.74 Å². The van der Waals surface area contributed by atoms with Crippen molar-refractivity contribution in [2.45, 2.75) is 5.92 Å². The van der Waals surface area contributed by atoms with Gasteiger partial charge in [0.05, 0.1) is 7.11 Å². The monoisotopic (exact) mass is 246 g/mol. The quantitative estimate of drug-likeness (QED) is 0.832. The van der Waals surface area contributed by atoms with Crippen LogP contribution in [0.5, 0.6) is 5.75 Å². The molecule has 0 amide bonds. The molecule has 0 bridgehead atoms. The van der Waals surface area contributed by atoms with E-state index in [2.05, 4.69) is 4.74 Å². The van der Waals surface area contributed by atoms with Crippen LogP contribution in [0.2, 0.25) is 0 Å². The predicted octanol–water partition coefficient (Wildman–Crippen LogP) is 1.89. The topological polar surface area (TPSA) is 55.8 Å². The zero-order chi connectivity index (χ0) is 12.9. The molecular weight excluding hydrogens is 234 g/mol. The molecule has 17 heavy (non-hydrogen) atoms. The summed E-state index contributed by atoms with van der Waals surface area (Å²) in [6.45, 7) is -1.71. The van der Waals surface area contributed by atoms with E-state index in [9.17, 15) is 13.6 Å². The van der Waals surface area contributed by atoms with E-state index in [-0.39, 0.29) is 5.56 Å². The second kappa shape index (κ2) is 5.58. The molecule has 6 heteroatoms. The van der Waals surface area contributed by atoms with E-state index in [1.165, 1.54) is 31.4 Å². The third-order valence-electron chi connectivity index (χ3n) is 2.02. The van der Waals surface area contributed by atoms with Gasteiger partial charge in [0.15, 0.2) is 0 Å². The fourth-order valence-corrected chi connectivity index (χ4v) is 1.18. The summed E-state index contributed by atoms with van der Waals surface area (Å²) in [5.74, 6) is -4.03. The van der Waals surface area contributed by atoms with Gasteiger partial charge in [-0.05, 0) is 24.3 Å². The van der Waals surface area contributed by atoms with Crippen molar-refractivity contribution in [2.24, 2.45) is 0 Å². The lowest BCUT2D eigenvalue weighted by molar-refractivity contribution is -0.147. The Balaban J connectivity index is 2.64. The fourth-order valence-electron chi connectivity index (χ4n) is 1.18. The van der Waals surface area contributed by atoms with Gasteiger partial charge in [-0.15, -0.1) is 0 Å². The largest absolute Gasteiger partial charge is 0.497 e. The molecule has 1 aromatic rings. The van der Waals surface area contributed by atoms with Crippen LogP contribution in [0.1, 0.15) is 5.56 Å². The summed E-state index contributed by atoms with van der Waals surface area (Å²) < 4.78 is 36.2. The molecule has 0 unspecified atom stereocenters. The number of carbonyl (C=O) groups is 1. The van der Waals surface area contributed by atoms with Crippen LogP contribution in [0.3, 0.4) is 0 Å². The molecule has 0 heterocycles. The van der Waals surface area contributed by atoms with Gasteiger partial charge in [-0.3, -0.25) is 0 Å². The van der Waals surface area contributed by atoms with Gasteiger partial charge in [-0.1, -0.05) is 0 Å². The number of hydrogen-bond acceptors (Lipinski definition) is 3. The molecule has 1 aromatic carbocycles. The number of aliphatic carboxylic acids is 1. The van der Waals surface area contributed by atoms with Crippen molar-refractivity contribution < 1.29 is 28.2 Å². The van der Waals surface area contributed by atoms with Crippen molar-refractivity contribution in [2.75, 3.05) is 20.3 Å². The van der Waals surface area contributed by atoms with Gasteiger partial charge in [-0.2, -0.15) is 8.78 Å². The van der Waals surface area contributed by atoms with Crippen LogP contribution in [0.15, 0.2) is 24.3 Å². The van der Waals surface area contributed by atoms with Gasteiger partial charge >= 0.3 is 5.97 Å². The Kier molecular flexibility index (Phi) is 4.39. The van der Waals surface area contributed by atoms with E-state index in [0.717, 1.165) is 0 Å². The molecule has 94 valence electrons. The molecule has 0 aromatic heterocycles. The number of hydrogen-bond donors (Lipinski definition) is 1. The second-order valence-electron chi connectivity index (χ2n) is 3.32. The zero-order valence-electron chi connectivity index (χ0n) is 9.15. The lowest BCUT2D eigenvalue weighted by Gasteiger charge is -2.16. The van der Waals surface area contributed by atoms with Crippen molar-refractivity contribution in [1.82, 2.24) is 0 Å². The van der Waals surface area contributed by atoms with Gasteiger partial charge in [0.25, 0.3) is 5.92 Å². The molecule has 1 N–H and O–H groups in total. The van der Waals surface area contributed by atoms with E-state index in [4.69, 9.17) is 9.84 Å². The normalized spacial score (nSPS) is 11.2. The number of halogens is 2. The summed E-state index contributed by atoms with van der Waals surface area (Å²) in [4.78, 5) is 10.1. The number of benzene rings is 1. The molecule has 0 aliphatic rings.